The zero-order valence-corrected chi connectivity index (χ0v) is 13.5. The number of aryl methyl sites for hydroxylation is 1. The maximum absolute atomic E-state index is 6.23. The van der Waals surface area contributed by atoms with Crippen LogP contribution in [0.15, 0.2) is 6.20 Å². The number of hydrogen-bond acceptors (Lipinski definition) is 4. The maximum atomic E-state index is 6.23. The molecule has 0 N–H and O–H groups in total. The van der Waals surface area contributed by atoms with Gasteiger partial charge in [-0.25, -0.2) is 9.97 Å². The van der Waals surface area contributed by atoms with Gasteiger partial charge in [-0.15, -0.1) is 0 Å². The van der Waals surface area contributed by atoms with Gasteiger partial charge in [0.25, 0.3) is 0 Å². The summed E-state index contributed by atoms with van der Waals surface area (Å²) in [7, 11) is 4.01. The summed E-state index contributed by atoms with van der Waals surface area (Å²) in [5.41, 5.74) is 0.802. The predicted molar refractivity (Wildman–Crippen MR) is 84.2 cm³/mol. The van der Waals surface area contributed by atoms with Gasteiger partial charge in [-0.2, -0.15) is 5.10 Å². The van der Waals surface area contributed by atoms with Crippen LogP contribution >= 0.6 is 11.6 Å². The minimum atomic E-state index is 0.495. The van der Waals surface area contributed by atoms with E-state index in [1.54, 1.807) is 10.9 Å². The smallest absolute Gasteiger partial charge is 0.162 e. The van der Waals surface area contributed by atoms with Crippen molar-refractivity contribution >= 4 is 22.6 Å². The summed E-state index contributed by atoms with van der Waals surface area (Å²) in [6.07, 6.45) is 8.58. The molecule has 21 heavy (non-hydrogen) atoms. The highest BCUT2D eigenvalue weighted by Gasteiger charge is 2.17. The van der Waals surface area contributed by atoms with Crippen molar-refractivity contribution in [2.75, 3.05) is 13.6 Å². The number of nitrogens with zero attached hydrogens (tertiary/aromatic N) is 5. The second-order valence-corrected chi connectivity index (χ2v) is 6.49. The first-order valence-corrected chi connectivity index (χ1v) is 8.04. The summed E-state index contributed by atoms with van der Waals surface area (Å²) in [6.45, 7) is 1.85. The van der Waals surface area contributed by atoms with E-state index in [1.165, 1.54) is 32.1 Å². The van der Waals surface area contributed by atoms with Gasteiger partial charge in [0.15, 0.2) is 5.65 Å². The molecule has 0 bridgehead atoms. The molecule has 2 heterocycles. The number of halogens is 1. The summed E-state index contributed by atoms with van der Waals surface area (Å²) in [4.78, 5) is 11.3. The molecule has 0 amide bonds. The third-order valence-corrected chi connectivity index (χ3v) is 4.59. The molecule has 0 spiro atoms. The van der Waals surface area contributed by atoms with E-state index in [4.69, 9.17) is 11.6 Å². The normalized spacial score (nSPS) is 17.0. The number of aromatic nitrogens is 4. The Morgan fingerprint density at radius 2 is 2.05 bits per heavy atom. The fourth-order valence-electron chi connectivity index (χ4n) is 3.22. The molecule has 6 heteroatoms. The van der Waals surface area contributed by atoms with Crippen LogP contribution < -0.4 is 0 Å². The fraction of sp³-hybridized carbons (Fsp3) is 0.667. The molecule has 1 fully saturated rings. The van der Waals surface area contributed by atoms with Gasteiger partial charge < -0.3 is 0 Å². The fourth-order valence-corrected chi connectivity index (χ4v) is 3.45. The highest BCUT2D eigenvalue weighted by molar-refractivity contribution is 6.33. The van der Waals surface area contributed by atoms with E-state index >= 15 is 0 Å². The largest absolute Gasteiger partial charge is 0.299 e. The molecule has 0 aliphatic heterocycles. The van der Waals surface area contributed by atoms with E-state index in [-0.39, 0.29) is 0 Å². The molecule has 3 rings (SSSR count). The standard InChI is InChI=1S/C15H22ClN5/c1-20(9-11-6-4-3-5-7-11)10-13-18-14(16)12-8-17-21(2)15(12)19-13/h8,11H,3-7,9-10H2,1-2H3. The van der Waals surface area contributed by atoms with Gasteiger partial charge in [-0.3, -0.25) is 9.58 Å². The molecule has 1 aliphatic rings. The molecule has 1 aliphatic carbocycles. The predicted octanol–water partition coefficient (Wildman–Crippen LogP) is 3.03. The molecule has 2 aromatic rings. The van der Waals surface area contributed by atoms with E-state index in [0.29, 0.717) is 5.15 Å². The van der Waals surface area contributed by atoms with Crippen LogP contribution in [0.3, 0.4) is 0 Å². The number of rotatable bonds is 4. The molecule has 1 saturated carbocycles. The summed E-state index contributed by atoms with van der Waals surface area (Å²) < 4.78 is 1.74. The highest BCUT2D eigenvalue weighted by Crippen LogP contribution is 2.25. The van der Waals surface area contributed by atoms with Crippen LogP contribution in [0, 0.1) is 5.92 Å². The zero-order valence-electron chi connectivity index (χ0n) is 12.7. The second-order valence-electron chi connectivity index (χ2n) is 6.14. The second kappa shape index (κ2) is 6.28. The average Bonchev–Trinajstić information content (AvgIpc) is 2.82. The molecule has 0 radical (unpaired) electrons. The van der Waals surface area contributed by atoms with Crippen molar-refractivity contribution < 1.29 is 0 Å². The summed E-state index contributed by atoms with van der Waals surface area (Å²) in [5, 5.41) is 5.50. The summed E-state index contributed by atoms with van der Waals surface area (Å²) in [5.74, 6) is 1.59. The topological polar surface area (TPSA) is 46.8 Å². The molecule has 0 saturated heterocycles. The van der Waals surface area contributed by atoms with Crippen molar-refractivity contribution in [2.45, 2.75) is 38.6 Å². The van der Waals surface area contributed by atoms with E-state index in [1.807, 2.05) is 7.05 Å². The monoisotopic (exact) mass is 307 g/mol. The molecular weight excluding hydrogens is 286 g/mol. The minimum Gasteiger partial charge on any atom is -0.299 e. The van der Waals surface area contributed by atoms with Gasteiger partial charge in [-0.05, 0) is 25.8 Å². The first-order valence-electron chi connectivity index (χ1n) is 7.66. The van der Waals surface area contributed by atoms with Crippen molar-refractivity contribution in [2.24, 2.45) is 13.0 Å². The third kappa shape index (κ3) is 3.35. The molecule has 0 atom stereocenters. The van der Waals surface area contributed by atoms with E-state index < -0.39 is 0 Å². The van der Waals surface area contributed by atoms with Gasteiger partial charge in [0.2, 0.25) is 0 Å². The Morgan fingerprint density at radius 1 is 1.29 bits per heavy atom. The Kier molecular flexibility index (Phi) is 4.40. The lowest BCUT2D eigenvalue weighted by Crippen LogP contribution is -2.27. The maximum Gasteiger partial charge on any atom is 0.162 e. The Bertz CT molecular complexity index is 618. The number of fused-ring (bicyclic) bond motifs is 1. The lowest BCUT2D eigenvalue weighted by Gasteiger charge is -2.26. The third-order valence-electron chi connectivity index (χ3n) is 4.30. The molecule has 0 unspecified atom stereocenters. The van der Waals surface area contributed by atoms with Gasteiger partial charge in [0.1, 0.15) is 11.0 Å². The van der Waals surface area contributed by atoms with Crippen LogP contribution in [-0.2, 0) is 13.6 Å². The molecule has 5 nitrogen and oxygen atoms in total. The molecular formula is C15H22ClN5. The van der Waals surface area contributed by atoms with E-state index in [0.717, 1.165) is 35.9 Å². The Morgan fingerprint density at radius 3 is 2.81 bits per heavy atom. The van der Waals surface area contributed by atoms with Crippen LogP contribution in [0.25, 0.3) is 11.0 Å². The van der Waals surface area contributed by atoms with Crippen molar-refractivity contribution in [1.29, 1.82) is 0 Å². The van der Waals surface area contributed by atoms with Crippen LogP contribution in [0.2, 0.25) is 5.15 Å². The zero-order chi connectivity index (χ0) is 14.8. The highest BCUT2D eigenvalue weighted by atomic mass is 35.5. The Balaban J connectivity index is 1.70. The summed E-state index contributed by atoms with van der Waals surface area (Å²) in [6, 6.07) is 0. The van der Waals surface area contributed by atoms with Crippen molar-refractivity contribution in [3.63, 3.8) is 0 Å². The molecule has 2 aromatic heterocycles. The Labute approximate surface area is 130 Å². The molecule has 114 valence electrons. The quantitative estimate of drug-likeness (QED) is 0.815. The van der Waals surface area contributed by atoms with Gasteiger partial charge in [0, 0.05) is 13.6 Å². The van der Waals surface area contributed by atoms with Crippen molar-refractivity contribution in [1.82, 2.24) is 24.6 Å². The van der Waals surface area contributed by atoms with Crippen LogP contribution in [0.1, 0.15) is 37.9 Å². The van der Waals surface area contributed by atoms with Crippen LogP contribution in [0.5, 0.6) is 0 Å². The Hall–Kier alpha value is -1.20. The summed E-state index contributed by atoms with van der Waals surface area (Å²) >= 11 is 6.23. The number of hydrogen-bond donors (Lipinski definition) is 0. The lowest BCUT2D eigenvalue weighted by molar-refractivity contribution is 0.224. The first-order chi connectivity index (χ1) is 10.1. The van der Waals surface area contributed by atoms with Crippen molar-refractivity contribution in [3.8, 4) is 0 Å². The van der Waals surface area contributed by atoms with E-state index in [2.05, 4.69) is 27.0 Å². The van der Waals surface area contributed by atoms with Gasteiger partial charge in [0.05, 0.1) is 18.1 Å². The average molecular weight is 308 g/mol. The van der Waals surface area contributed by atoms with E-state index in [9.17, 15) is 0 Å². The van der Waals surface area contributed by atoms with Crippen LogP contribution in [-0.4, -0.2) is 38.2 Å². The van der Waals surface area contributed by atoms with Gasteiger partial charge >= 0.3 is 0 Å². The SMILES string of the molecule is CN(Cc1nc(Cl)c2cnn(C)c2n1)CC1CCCCC1. The molecule has 0 aromatic carbocycles. The van der Waals surface area contributed by atoms with Crippen LogP contribution in [0.4, 0.5) is 0 Å². The van der Waals surface area contributed by atoms with Gasteiger partial charge in [-0.1, -0.05) is 30.9 Å². The minimum absolute atomic E-state index is 0.495. The first kappa shape index (κ1) is 14.7. The van der Waals surface area contributed by atoms with Crippen molar-refractivity contribution in [3.05, 3.63) is 17.2 Å². The lowest BCUT2D eigenvalue weighted by atomic mass is 9.89.